The number of para-hydroxylation sites is 1. The zero-order valence-electron chi connectivity index (χ0n) is 10.6. The normalized spacial score (nSPS) is 11.8. The summed E-state index contributed by atoms with van der Waals surface area (Å²) in [6.45, 7) is 5.77. The molecule has 0 bridgehead atoms. The third-order valence-corrected chi connectivity index (χ3v) is 3.48. The van der Waals surface area contributed by atoms with Gasteiger partial charge in [-0.1, -0.05) is 6.07 Å². The summed E-state index contributed by atoms with van der Waals surface area (Å²) in [7, 11) is 0. The number of rotatable bonds is 3. The predicted molar refractivity (Wildman–Crippen MR) is 73.5 cm³/mol. The van der Waals surface area contributed by atoms with Crippen molar-refractivity contribution in [2.75, 3.05) is 6.61 Å². The SMILES string of the molecule is CCOC(=O)C(C)(C)c1nc2c(Br)cccc2[nH]1. The number of esters is 1. The van der Waals surface area contributed by atoms with Crippen LogP contribution in [-0.4, -0.2) is 22.5 Å². The van der Waals surface area contributed by atoms with Gasteiger partial charge in [-0.25, -0.2) is 4.98 Å². The lowest BCUT2D eigenvalue weighted by atomic mass is 9.93. The van der Waals surface area contributed by atoms with E-state index < -0.39 is 5.41 Å². The minimum atomic E-state index is -0.783. The van der Waals surface area contributed by atoms with Crippen LogP contribution in [0.25, 0.3) is 11.0 Å². The fraction of sp³-hybridized carbons (Fsp3) is 0.385. The van der Waals surface area contributed by atoms with Gasteiger partial charge in [0.2, 0.25) is 0 Å². The van der Waals surface area contributed by atoms with Crippen LogP contribution < -0.4 is 0 Å². The number of nitrogens with one attached hydrogen (secondary N) is 1. The molecule has 0 amide bonds. The molecule has 0 aliphatic carbocycles. The van der Waals surface area contributed by atoms with Crippen molar-refractivity contribution in [3.05, 3.63) is 28.5 Å². The van der Waals surface area contributed by atoms with Crippen molar-refractivity contribution >= 4 is 32.9 Å². The topological polar surface area (TPSA) is 55.0 Å². The second-order valence-electron chi connectivity index (χ2n) is 4.57. The second-order valence-corrected chi connectivity index (χ2v) is 5.42. The lowest BCUT2D eigenvalue weighted by molar-refractivity contribution is -0.149. The molecule has 5 heteroatoms. The quantitative estimate of drug-likeness (QED) is 0.886. The third-order valence-electron chi connectivity index (χ3n) is 2.84. The van der Waals surface area contributed by atoms with E-state index in [2.05, 4.69) is 25.9 Å². The molecule has 0 aliphatic rings. The molecule has 1 N–H and O–H groups in total. The van der Waals surface area contributed by atoms with Gasteiger partial charge < -0.3 is 9.72 Å². The molecule has 0 fully saturated rings. The average Bonchev–Trinajstić information content (AvgIpc) is 2.75. The Balaban J connectivity index is 2.48. The number of imidazole rings is 1. The summed E-state index contributed by atoms with van der Waals surface area (Å²) in [4.78, 5) is 19.6. The molecule has 0 spiro atoms. The minimum absolute atomic E-state index is 0.278. The van der Waals surface area contributed by atoms with E-state index in [1.165, 1.54) is 0 Å². The summed E-state index contributed by atoms with van der Waals surface area (Å²) >= 11 is 3.45. The first-order valence-corrected chi connectivity index (χ1v) is 6.58. The van der Waals surface area contributed by atoms with Gasteiger partial charge in [0.1, 0.15) is 16.8 Å². The second kappa shape index (κ2) is 4.72. The van der Waals surface area contributed by atoms with Gasteiger partial charge in [-0.05, 0) is 48.8 Å². The summed E-state index contributed by atoms with van der Waals surface area (Å²) < 4.78 is 5.98. The van der Waals surface area contributed by atoms with Gasteiger partial charge in [0.15, 0.2) is 0 Å². The first-order valence-electron chi connectivity index (χ1n) is 5.78. The highest BCUT2D eigenvalue weighted by molar-refractivity contribution is 9.10. The average molecular weight is 311 g/mol. The number of fused-ring (bicyclic) bond motifs is 1. The minimum Gasteiger partial charge on any atom is -0.465 e. The van der Waals surface area contributed by atoms with Gasteiger partial charge in [0.05, 0.1) is 12.1 Å². The molecule has 1 aromatic heterocycles. The third kappa shape index (κ3) is 2.14. The zero-order chi connectivity index (χ0) is 13.3. The largest absolute Gasteiger partial charge is 0.465 e. The Morgan fingerprint density at radius 3 is 2.83 bits per heavy atom. The Kier molecular flexibility index (Phi) is 3.43. The van der Waals surface area contributed by atoms with E-state index in [-0.39, 0.29) is 5.97 Å². The van der Waals surface area contributed by atoms with Crippen LogP contribution in [0.4, 0.5) is 0 Å². The van der Waals surface area contributed by atoms with E-state index in [9.17, 15) is 4.79 Å². The molecule has 0 saturated carbocycles. The number of halogens is 1. The lowest BCUT2D eigenvalue weighted by Crippen LogP contribution is -2.32. The molecule has 0 unspecified atom stereocenters. The molecule has 2 rings (SSSR count). The van der Waals surface area contributed by atoms with Crippen molar-refractivity contribution in [3.8, 4) is 0 Å². The molecule has 96 valence electrons. The van der Waals surface area contributed by atoms with Crippen LogP contribution in [0.2, 0.25) is 0 Å². The highest BCUT2D eigenvalue weighted by Gasteiger charge is 2.34. The zero-order valence-corrected chi connectivity index (χ0v) is 12.2. The van der Waals surface area contributed by atoms with Crippen LogP contribution in [0.3, 0.4) is 0 Å². The fourth-order valence-corrected chi connectivity index (χ4v) is 2.16. The standard InChI is InChI=1S/C13H15BrN2O2/c1-4-18-12(17)13(2,3)11-15-9-7-5-6-8(14)10(9)16-11/h5-7H,4H2,1-3H3,(H,15,16). The molecule has 2 aromatic rings. The molecule has 1 heterocycles. The Hall–Kier alpha value is -1.36. The Morgan fingerprint density at radius 1 is 1.50 bits per heavy atom. The van der Waals surface area contributed by atoms with Crippen molar-refractivity contribution in [2.45, 2.75) is 26.2 Å². The highest BCUT2D eigenvalue weighted by Crippen LogP contribution is 2.28. The van der Waals surface area contributed by atoms with Crippen LogP contribution >= 0.6 is 15.9 Å². The van der Waals surface area contributed by atoms with Crippen molar-refractivity contribution in [1.82, 2.24) is 9.97 Å². The number of carbonyl (C=O) groups excluding carboxylic acids is 1. The first-order chi connectivity index (χ1) is 8.46. The number of H-pyrrole nitrogens is 1. The van der Waals surface area contributed by atoms with E-state index in [4.69, 9.17) is 4.74 Å². The number of benzene rings is 1. The maximum Gasteiger partial charge on any atom is 0.319 e. The van der Waals surface area contributed by atoms with Crippen LogP contribution in [0, 0.1) is 0 Å². The molecule has 0 aliphatic heterocycles. The van der Waals surface area contributed by atoms with Crippen LogP contribution in [0.1, 0.15) is 26.6 Å². The van der Waals surface area contributed by atoms with Gasteiger partial charge in [0, 0.05) is 4.47 Å². The van der Waals surface area contributed by atoms with E-state index in [1.807, 2.05) is 18.2 Å². The molecular formula is C13H15BrN2O2. The number of nitrogens with zero attached hydrogens (tertiary/aromatic N) is 1. The van der Waals surface area contributed by atoms with Gasteiger partial charge >= 0.3 is 5.97 Å². The number of ether oxygens (including phenoxy) is 1. The summed E-state index contributed by atoms with van der Waals surface area (Å²) in [5.74, 6) is 0.336. The van der Waals surface area contributed by atoms with Crippen molar-refractivity contribution in [2.24, 2.45) is 0 Å². The summed E-state index contributed by atoms with van der Waals surface area (Å²) in [5.41, 5.74) is 0.940. The van der Waals surface area contributed by atoms with Crippen molar-refractivity contribution < 1.29 is 9.53 Å². The predicted octanol–water partition coefficient (Wildman–Crippen LogP) is 3.17. The summed E-state index contributed by atoms with van der Waals surface area (Å²) in [6.07, 6.45) is 0. The Bertz CT molecular complexity index is 590. The van der Waals surface area contributed by atoms with Crippen molar-refractivity contribution in [3.63, 3.8) is 0 Å². The molecule has 4 nitrogen and oxygen atoms in total. The van der Waals surface area contributed by atoms with Gasteiger partial charge in [-0.3, -0.25) is 4.79 Å². The molecule has 0 atom stereocenters. The summed E-state index contributed by atoms with van der Waals surface area (Å²) in [5, 5.41) is 0. The number of carbonyl (C=O) groups is 1. The molecule has 0 radical (unpaired) electrons. The number of hydrogen-bond acceptors (Lipinski definition) is 3. The van der Waals surface area contributed by atoms with Crippen molar-refractivity contribution in [1.29, 1.82) is 0 Å². The van der Waals surface area contributed by atoms with Gasteiger partial charge in [-0.15, -0.1) is 0 Å². The molecule has 0 saturated heterocycles. The van der Waals surface area contributed by atoms with E-state index in [1.54, 1.807) is 20.8 Å². The van der Waals surface area contributed by atoms with E-state index in [0.29, 0.717) is 12.4 Å². The van der Waals surface area contributed by atoms with Gasteiger partial charge in [0.25, 0.3) is 0 Å². The monoisotopic (exact) mass is 310 g/mol. The number of aromatic nitrogens is 2. The van der Waals surface area contributed by atoms with Gasteiger partial charge in [-0.2, -0.15) is 0 Å². The molecule has 1 aromatic carbocycles. The van der Waals surface area contributed by atoms with Crippen LogP contribution in [0.5, 0.6) is 0 Å². The van der Waals surface area contributed by atoms with Crippen LogP contribution in [-0.2, 0) is 14.9 Å². The smallest absolute Gasteiger partial charge is 0.319 e. The maximum atomic E-state index is 11.9. The first kappa shape index (κ1) is 13.1. The molecule has 18 heavy (non-hydrogen) atoms. The highest BCUT2D eigenvalue weighted by atomic mass is 79.9. The van der Waals surface area contributed by atoms with E-state index >= 15 is 0 Å². The number of hydrogen-bond donors (Lipinski definition) is 1. The number of aromatic amines is 1. The lowest BCUT2D eigenvalue weighted by Gasteiger charge is -2.19. The van der Waals surface area contributed by atoms with Crippen LogP contribution in [0.15, 0.2) is 22.7 Å². The summed E-state index contributed by atoms with van der Waals surface area (Å²) in [6, 6.07) is 5.77. The Labute approximate surface area is 114 Å². The maximum absolute atomic E-state index is 11.9. The fourth-order valence-electron chi connectivity index (χ4n) is 1.70. The Morgan fingerprint density at radius 2 is 2.22 bits per heavy atom. The molecular weight excluding hydrogens is 296 g/mol. The van der Waals surface area contributed by atoms with E-state index in [0.717, 1.165) is 15.5 Å².